The minimum atomic E-state index is 0.566. The van der Waals surface area contributed by atoms with E-state index in [2.05, 4.69) is 25.6 Å². The van der Waals surface area contributed by atoms with Crippen LogP contribution in [0.15, 0.2) is 30.6 Å². The first-order valence-corrected chi connectivity index (χ1v) is 6.15. The first kappa shape index (κ1) is 13.1. The lowest BCUT2D eigenvalue weighted by Gasteiger charge is -2.10. The van der Waals surface area contributed by atoms with Gasteiger partial charge in [0.05, 0.1) is 6.61 Å². The molecule has 0 atom stereocenters. The fraction of sp³-hybridized carbons (Fsp3) is 0.308. The molecule has 0 aliphatic heterocycles. The number of nitrogens with one attached hydrogen (secondary N) is 2. The Labute approximate surface area is 112 Å². The van der Waals surface area contributed by atoms with Gasteiger partial charge in [-0.25, -0.2) is 9.97 Å². The van der Waals surface area contributed by atoms with Crippen molar-refractivity contribution in [2.24, 2.45) is 0 Å². The molecule has 6 heteroatoms. The van der Waals surface area contributed by atoms with Gasteiger partial charge >= 0.3 is 0 Å². The molecule has 0 aromatic carbocycles. The van der Waals surface area contributed by atoms with E-state index in [0.717, 1.165) is 11.4 Å². The Hall–Kier alpha value is -2.37. The topological polar surface area (TPSA) is 72.0 Å². The Bertz CT molecular complexity index is 532. The molecule has 0 radical (unpaired) electrons. The Morgan fingerprint density at radius 1 is 1.21 bits per heavy atom. The maximum Gasteiger partial charge on any atom is 0.224 e. The zero-order valence-electron chi connectivity index (χ0n) is 11.1. The summed E-state index contributed by atoms with van der Waals surface area (Å²) >= 11 is 0. The van der Waals surface area contributed by atoms with Crippen molar-refractivity contribution >= 4 is 11.8 Å². The highest BCUT2D eigenvalue weighted by atomic mass is 16.5. The standard InChI is InChI=1S/C13H17N5O/c1-3-19-12-10(5-4-7-15-12)9-17-13-16-8-6-11(14-2)18-13/h4-8H,3,9H2,1-2H3,(H2,14,16,17,18). The molecule has 0 aliphatic carbocycles. The van der Waals surface area contributed by atoms with E-state index in [4.69, 9.17) is 4.74 Å². The molecular weight excluding hydrogens is 242 g/mol. The minimum absolute atomic E-state index is 0.566. The van der Waals surface area contributed by atoms with Crippen LogP contribution in [0.2, 0.25) is 0 Å². The number of aromatic nitrogens is 3. The van der Waals surface area contributed by atoms with E-state index in [9.17, 15) is 0 Å². The van der Waals surface area contributed by atoms with Crippen molar-refractivity contribution < 1.29 is 4.74 Å². The average Bonchev–Trinajstić information content (AvgIpc) is 2.47. The van der Waals surface area contributed by atoms with Crippen LogP contribution in [0, 0.1) is 0 Å². The number of nitrogens with zero attached hydrogens (tertiary/aromatic N) is 3. The van der Waals surface area contributed by atoms with Gasteiger partial charge in [0.15, 0.2) is 0 Å². The number of rotatable bonds is 6. The van der Waals surface area contributed by atoms with Gasteiger partial charge in [-0.15, -0.1) is 0 Å². The molecule has 0 unspecified atom stereocenters. The number of anilines is 2. The number of ether oxygens (including phenoxy) is 1. The van der Waals surface area contributed by atoms with Crippen molar-refractivity contribution in [1.29, 1.82) is 0 Å². The molecule has 0 spiro atoms. The Kier molecular flexibility index (Phi) is 4.49. The summed E-state index contributed by atoms with van der Waals surface area (Å²) in [6.45, 7) is 3.09. The van der Waals surface area contributed by atoms with Crippen LogP contribution in [0.1, 0.15) is 12.5 Å². The predicted molar refractivity (Wildman–Crippen MR) is 74.3 cm³/mol. The summed E-state index contributed by atoms with van der Waals surface area (Å²) in [7, 11) is 1.82. The molecule has 2 N–H and O–H groups in total. The van der Waals surface area contributed by atoms with E-state index in [1.165, 1.54) is 0 Å². The van der Waals surface area contributed by atoms with Crippen LogP contribution in [0.5, 0.6) is 5.88 Å². The first-order valence-electron chi connectivity index (χ1n) is 6.15. The van der Waals surface area contributed by atoms with Crippen molar-refractivity contribution in [3.05, 3.63) is 36.2 Å². The summed E-state index contributed by atoms with van der Waals surface area (Å²) < 4.78 is 5.47. The third kappa shape index (κ3) is 3.54. The van der Waals surface area contributed by atoms with E-state index in [0.29, 0.717) is 25.0 Å². The molecular formula is C13H17N5O. The summed E-state index contributed by atoms with van der Waals surface area (Å²) in [5, 5.41) is 6.12. The van der Waals surface area contributed by atoms with Crippen LogP contribution in [0.25, 0.3) is 0 Å². The van der Waals surface area contributed by atoms with Crippen LogP contribution in [-0.4, -0.2) is 28.6 Å². The Morgan fingerprint density at radius 2 is 2.11 bits per heavy atom. The molecule has 0 saturated carbocycles. The van der Waals surface area contributed by atoms with Crippen molar-refractivity contribution in [3.63, 3.8) is 0 Å². The fourth-order valence-electron chi connectivity index (χ4n) is 1.58. The normalized spacial score (nSPS) is 10.0. The molecule has 2 aromatic rings. The second-order valence-electron chi connectivity index (χ2n) is 3.77. The summed E-state index contributed by atoms with van der Waals surface area (Å²) in [6, 6.07) is 5.65. The highest BCUT2D eigenvalue weighted by molar-refractivity contribution is 5.39. The lowest BCUT2D eigenvalue weighted by molar-refractivity contribution is 0.323. The molecule has 0 bridgehead atoms. The quantitative estimate of drug-likeness (QED) is 0.826. The third-order valence-electron chi connectivity index (χ3n) is 2.48. The summed E-state index contributed by atoms with van der Waals surface area (Å²) in [5.41, 5.74) is 0.975. The van der Waals surface area contributed by atoms with Crippen LogP contribution in [0.4, 0.5) is 11.8 Å². The SMILES string of the molecule is CCOc1ncccc1CNc1nccc(NC)n1. The highest BCUT2D eigenvalue weighted by Gasteiger charge is 2.05. The van der Waals surface area contributed by atoms with Crippen molar-refractivity contribution in [1.82, 2.24) is 15.0 Å². The molecule has 2 rings (SSSR count). The zero-order chi connectivity index (χ0) is 13.5. The largest absolute Gasteiger partial charge is 0.478 e. The van der Waals surface area contributed by atoms with Crippen molar-refractivity contribution in [2.75, 3.05) is 24.3 Å². The lowest BCUT2D eigenvalue weighted by Crippen LogP contribution is -2.07. The van der Waals surface area contributed by atoms with Crippen LogP contribution >= 0.6 is 0 Å². The number of pyridine rings is 1. The van der Waals surface area contributed by atoms with Gasteiger partial charge in [-0.1, -0.05) is 6.07 Å². The van der Waals surface area contributed by atoms with Gasteiger partial charge in [-0.05, 0) is 19.1 Å². The van der Waals surface area contributed by atoms with E-state index in [1.807, 2.05) is 26.1 Å². The maximum atomic E-state index is 5.47. The summed E-state index contributed by atoms with van der Waals surface area (Å²) in [5.74, 6) is 1.98. The maximum absolute atomic E-state index is 5.47. The molecule has 100 valence electrons. The van der Waals surface area contributed by atoms with Crippen LogP contribution in [0.3, 0.4) is 0 Å². The minimum Gasteiger partial charge on any atom is -0.478 e. The van der Waals surface area contributed by atoms with Gasteiger partial charge in [0.25, 0.3) is 0 Å². The van der Waals surface area contributed by atoms with Crippen LogP contribution in [-0.2, 0) is 6.54 Å². The molecule has 0 aliphatic rings. The monoisotopic (exact) mass is 259 g/mol. The van der Waals surface area contributed by atoms with Gasteiger partial charge in [0.2, 0.25) is 11.8 Å². The van der Waals surface area contributed by atoms with Gasteiger partial charge in [-0.2, -0.15) is 4.98 Å². The second-order valence-corrected chi connectivity index (χ2v) is 3.77. The zero-order valence-corrected chi connectivity index (χ0v) is 11.1. The van der Waals surface area contributed by atoms with Crippen molar-refractivity contribution in [3.8, 4) is 5.88 Å². The third-order valence-corrected chi connectivity index (χ3v) is 2.48. The first-order chi connectivity index (χ1) is 9.33. The van der Waals surface area contributed by atoms with E-state index in [1.54, 1.807) is 18.5 Å². The second kappa shape index (κ2) is 6.53. The fourth-order valence-corrected chi connectivity index (χ4v) is 1.58. The van der Waals surface area contributed by atoms with Crippen molar-refractivity contribution in [2.45, 2.75) is 13.5 Å². The van der Waals surface area contributed by atoms with E-state index < -0.39 is 0 Å². The van der Waals surface area contributed by atoms with Gasteiger partial charge in [0.1, 0.15) is 5.82 Å². The summed E-state index contributed by atoms with van der Waals surface area (Å²) in [6.07, 6.45) is 3.42. The molecule has 2 heterocycles. The summed E-state index contributed by atoms with van der Waals surface area (Å²) in [4.78, 5) is 12.6. The van der Waals surface area contributed by atoms with Gasteiger partial charge in [0, 0.05) is 31.5 Å². The molecule has 19 heavy (non-hydrogen) atoms. The predicted octanol–water partition coefficient (Wildman–Crippen LogP) is 1.92. The van der Waals surface area contributed by atoms with E-state index >= 15 is 0 Å². The molecule has 2 aromatic heterocycles. The van der Waals surface area contributed by atoms with Gasteiger partial charge in [-0.3, -0.25) is 0 Å². The van der Waals surface area contributed by atoms with Gasteiger partial charge < -0.3 is 15.4 Å². The molecule has 6 nitrogen and oxygen atoms in total. The smallest absolute Gasteiger partial charge is 0.224 e. The molecule has 0 fully saturated rings. The highest BCUT2D eigenvalue weighted by Crippen LogP contribution is 2.15. The Morgan fingerprint density at radius 3 is 2.89 bits per heavy atom. The average molecular weight is 259 g/mol. The van der Waals surface area contributed by atoms with E-state index in [-0.39, 0.29) is 0 Å². The van der Waals surface area contributed by atoms with Crippen LogP contribution < -0.4 is 15.4 Å². The Balaban J connectivity index is 2.05. The number of hydrogen-bond acceptors (Lipinski definition) is 6. The molecule has 0 saturated heterocycles. The lowest BCUT2D eigenvalue weighted by atomic mass is 10.2. The number of hydrogen-bond donors (Lipinski definition) is 2. The molecule has 0 amide bonds.